The Labute approximate surface area is 94.3 Å². The second-order valence-corrected chi connectivity index (χ2v) is 3.70. The van der Waals surface area contributed by atoms with Crippen molar-refractivity contribution >= 4 is 5.69 Å². The van der Waals surface area contributed by atoms with Crippen molar-refractivity contribution in [3.63, 3.8) is 0 Å². The van der Waals surface area contributed by atoms with Gasteiger partial charge in [0.15, 0.2) is 5.82 Å². The average molecular weight is 217 g/mol. The zero-order valence-electron chi connectivity index (χ0n) is 9.51. The van der Waals surface area contributed by atoms with Crippen LogP contribution in [0.3, 0.4) is 0 Å². The Bertz CT molecular complexity index is 472. The summed E-state index contributed by atoms with van der Waals surface area (Å²) in [5.41, 5.74) is 7.06. The maximum atomic E-state index is 5.60. The van der Waals surface area contributed by atoms with Gasteiger partial charge in [-0.1, -0.05) is 6.92 Å². The molecular formula is C11H15N5. The Morgan fingerprint density at radius 3 is 2.75 bits per heavy atom. The van der Waals surface area contributed by atoms with E-state index in [-0.39, 0.29) is 0 Å². The van der Waals surface area contributed by atoms with Crippen LogP contribution in [0.5, 0.6) is 0 Å². The van der Waals surface area contributed by atoms with Crippen LogP contribution < -0.4 is 5.73 Å². The highest BCUT2D eigenvalue weighted by Crippen LogP contribution is 2.16. The molecule has 0 atom stereocenters. The number of aryl methyl sites for hydroxylation is 1. The first-order valence-corrected chi connectivity index (χ1v) is 5.34. The SMILES string of the molecule is CCCn1c(C)nnc1-c1ccc(N)cn1. The first-order valence-electron chi connectivity index (χ1n) is 5.34. The number of nitrogens with two attached hydrogens (primary N) is 1. The fourth-order valence-corrected chi connectivity index (χ4v) is 1.60. The third-order valence-electron chi connectivity index (χ3n) is 2.40. The number of aromatic nitrogens is 4. The average Bonchev–Trinajstić information content (AvgIpc) is 2.63. The Morgan fingerprint density at radius 1 is 1.31 bits per heavy atom. The van der Waals surface area contributed by atoms with E-state index in [1.807, 2.05) is 19.1 Å². The van der Waals surface area contributed by atoms with Crippen LogP contribution >= 0.6 is 0 Å². The van der Waals surface area contributed by atoms with E-state index in [0.29, 0.717) is 5.69 Å². The minimum Gasteiger partial charge on any atom is -0.397 e. The molecule has 2 aromatic heterocycles. The molecule has 2 rings (SSSR count). The Morgan fingerprint density at radius 2 is 2.12 bits per heavy atom. The van der Waals surface area contributed by atoms with Gasteiger partial charge in [0.05, 0.1) is 11.9 Å². The van der Waals surface area contributed by atoms with Gasteiger partial charge >= 0.3 is 0 Å². The molecule has 16 heavy (non-hydrogen) atoms. The van der Waals surface area contributed by atoms with Crippen molar-refractivity contribution in [1.82, 2.24) is 19.7 Å². The zero-order valence-corrected chi connectivity index (χ0v) is 9.51. The molecule has 0 bridgehead atoms. The number of pyridine rings is 1. The molecule has 2 aromatic rings. The van der Waals surface area contributed by atoms with E-state index in [4.69, 9.17) is 5.73 Å². The second kappa shape index (κ2) is 4.30. The van der Waals surface area contributed by atoms with Crippen molar-refractivity contribution in [2.24, 2.45) is 0 Å². The molecule has 0 radical (unpaired) electrons. The molecule has 84 valence electrons. The molecule has 5 nitrogen and oxygen atoms in total. The van der Waals surface area contributed by atoms with Gasteiger partial charge in [-0.15, -0.1) is 10.2 Å². The molecule has 0 unspecified atom stereocenters. The van der Waals surface area contributed by atoms with Crippen LogP contribution in [-0.2, 0) is 6.54 Å². The molecule has 0 aliphatic heterocycles. The van der Waals surface area contributed by atoms with E-state index in [1.165, 1.54) is 0 Å². The topological polar surface area (TPSA) is 69.6 Å². The molecule has 0 saturated carbocycles. The van der Waals surface area contributed by atoms with Crippen LogP contribution in [0.4, 0.5) is 5.69 Å². The van der Waals surface area contributed by atoms with E-state index in [9.17, 15) is 0 Å². The van der Waals surface area contributed by atoms with Gasteiger partial charge in [-0.3, -0.25) is 4.98 Å². The van der Waals surface area contributed by atoms with Crippen molar-refractivity contribution < 1.29 is 0 Å². The predicted molar refractivity (Wildman–Crippen MR) is 62.7 cm³/mol. The highest BCUT2D eigenvalue weighted by atomic mass is 15.3. The van der Waals surface area contributed by atoms with Crippen molar-refractivity contribution in [3.8, 4) is 11.5 Å². The Hall–Kier alpha value is -1.91. The third kappa shape index (κ3) is 1.88. The number of nitrogens with zero attached hydrogens (tertiary/aromatic N) is 4. The second-order valence-electron chi connectivity index (χ2n) is 3.70. The van der Waals surface area contributed by atoms with Crippen LogP contribution in [0.25, 0.3) is 11.5 Å². The number of anilines is 1. The van der Waals surface area contributed by atoms with E-state index in [2.05, 4.69) is 26.7 Å². The lowest BCUT2D eigenvalue weighted by Gasteiger charge is -2.06. The summed E-state index contributed by atoms with van der Waals surface area (Å²) in [6.45, 7) is 4.98. The van der Waals surface area contributed by atoms with E-state index >= 15 is 0 Å². The van der Waals surface area contributed by atoms with Gasteiger partial charge in [-0.05, 0) is 25.5 Å². The van der Waals surface area contributed by atoms with E-state index < -0.39 is 0 Å². The summed E-state index contributed by atoms with van der Waals surface area (Å²) in [6, 6.07) is 3.69. The maximum Gasteiger partial charge on any atom is 0.182 e. The number of hydrogen-bond donors (Lipinski definition) is 1. The summed E-state index contributed by atoms with van der Waals surface area (Å²) in [7, 11) is 0. The predicted octanol–water partition coefficient (Wildman–Crippen LogP) is 1.64. The van der Waals surface area contributed by atoms with E-state index in [0.717, 1.165) is 30.3 Å². The first-order chi connectivity index (χ1) is 7.72. The van der Waals surface area contributed by atoms with Gasteiger partial charge in [-0.2, -0.15) is 0 Å². The minimum absolute atomic E-state index is 0.655. The molecule has 0 aromatic carbocycles. The van der Waals surface area contributed by atoms with Crippen LogP contribution in [0.2, 0.25) is 0 Å². The quantitative estimate of drug-likeness (QED) is 0.848. The lowest BCUT2D eigenvalue weighted by atomic mass is 10.3. The molecule has 2 N–H and O–H groups in total. The van der Waals surface area contributed by atoms with Gasteiger partial charge in [0.1, 0.15) is 11.5 Å². The van der Waals surface area contributed by atoms with Crippen molar-refractivity contribution in [2.75, 3.05) is 5.73 Å². The molecule has 5 heteroatoms. The van der Waals surface area contributed by atoms with Crippen LogP contribution in [0, 0.1) is 6.92 Å². The van der Waals surface area contributed by atoms with Gasteiger partial charge < -0.3 is 10.3 Å². The third-order valence-corrected chi connectivity index (χ3v) is 2.40. The Balaban J connectivity index is 2.43. The minimum atomic E-state index is 0.655. The summed E-state index contributed by atoms with van der Waals surface area (Å²) in [6.07, 6.45) is 2.68. The molecule has 2 heterocycles. The van der Waals surface area contributed by atoms with Crippen molar-refractivity contribution in [3.05, 3.63) is 24.2 Å². The first kappa shape index (κ1) is 10.6. The van der Waals surface area contributed by atoms with E-state index in [1.54, 1.807) is 6.20 Å². The van der Waals surface area contributed by atoms with Crippen molar-refractivity contribution in [2.45, 2.75) is 26.8 Å². The normalized spacial score (nSPS) is 10.6. The summed E-state index contributed by atoms with van der Waals surface area (Å²) in [5, 5.41) is 8.22. The lowest BCUT2D eigenvalue weighted by Crippen LogP contribution is -2.03. The van der Waals surface area contributed by atoms with Gasteiger partial charge in [0.25, 0.3) is 0 Å². The van der Waals surface area contributed by atoms with Crippen LogP contribution in [0.1, 0.15) is 19.2 Å². The summed E-state index contributed by atoms with van der Waals surface area (Å²) < 4.78 is 2.07. The highest BCUT2D eigenvalue weighted by Gasteiger charge is 2.10. The van der Waals surface area contributed by atoms with Gasteiger partial charge in [0.2, 0.25) is 0 Å². The van der Waals surface area contributed by atoms with Gasteiger partial charge in [0, 0.05) is 6.54 Å². The summed E-state index contributed by atoms with van der Waals surface area (Å²) in [4.78, 5) is 4.26. The number of nitrogen functional groups attached to an aromatic ring is 1. The van der Waals surface area contributed by atoms with Crippen molar-refractivity contribution in [1.29, 1.82) is 0 Å². The molecule has 0 saturated heterocycles. The smallest absolute Gasteiger partial charge is 0.182 e. The largest absolute Gasteiger partial charge is 0.397 e. The molecular weight excluding hydrogens is 202 g/mol. The highest BCUT2D eigenvalue weighted by molar-refractivity contribution is 5.52. The fraction of sp³-hybridized carbons (Fsp3) is 0.364. The Kier molecular flexibility index (Phi) is 2.85. The zero-order chi connectivity index (χ0) is 11.5. The molecule has 0 aliphatic rings. The number of hydrogen-bond acceptors (Lipinski definition) is 4. The summed E-state index contributed by atoms with van der Waals surface area (Å²) in [5.74, 6) is 1.72. The molecule has 0 amide bonds. The van der Waals surface area contributed by atoms with Crippen LogP contribution in [0.15, 0.2) is 18.3 Å². The lowest BCUT2D eigenvalue weighted by molar-refractivity contribution is 0.662. The number of rotatable bonds is 3. The standard InChI is InChI=1S/C11H15N5/c1-3-6-16-8(2)14-15-11(16)10-5-4-9(12)7-13-10/h4-5,7H,3,6,12H2,1-2H3. The molecule has 0 spiro atoms. The maximum absolute atomic E-state index is 5.60. The summed E-state index contributed by atoms with van der Waals surface area (Å²) >= 11 is 0. The molecule has 0 fully saturated rings. The molecule has 0 aliphatic carbocycles. The van der Waals surface area contributed by atoms with Crippen LogP contribution in [-0.4, -0.2) is 19.7 Å². The fourth-order valence-electron chi connectivity index (χ4n) is 1.60. The van der Waals surface area contributed by atoms with Gasteiger partial charge in [-0.25, -0.2) is 0 Å². The monoisotopic (exact) mass is 217 g/mol.